The molecule has 2 unspecified atom stereocenters. The zero-order chi connectivity index (χ0) is 16.2. The Morgan fingerprint density at radius 2 is 2.17 bits per heavy atom. The Labute approximate surface area is 134 Å². The largest absolute Gasteiger partial charge is 0.352 e. The second-order valence-electron chi connectivity index (χ2n) is 5.77. The van der Waals surface area contributed by atoms with E-state index in [1.807, 2.05) is 19.1 Å². The minimum atomic E-state index is -0.120. The van der Waals surface area contributed by atoms with Crippen LogP contribution in [-0.4, -0.2) is 38.9 Å². The van der Waals surface area contributed by atoms with Crippen molar-refractivity contribution in [1.29, 1.82) is 0 Å². The van der Waals surface area contributed by atoms with Gasteiger partial charge in [0.1, 0.15) is 0 Å². The standard InChI is InChI=1S/C16H19N5O2/c1-11-14(6-7-15(22)18-11)19-16(23)13-4-2-12(3-5-13)10-21-9-8-17-20-21/h2-5,8-9,11,14H,6-7,10H2,1H3,(H,18,22)(H,19,23). The summed E-state index contributed by atoms with van der Waals surface area (Å²) >= 11 is 0. The number of amides is 2. The van der Waals surface area contributed by atoms with Crippen LogP contribution in [0.25, 0.3) is 0 Å². The fraction of sp³-hybridized carbons (Fsp3) is 0.375. The molecule has 0 radical (unpaired) electrons. The summed E-state index contributed by atoms with van der Waals surface area (Å²) in [7, 11) is 0. The van der Waals surface area contributed by atoms with Crippen LogP contribution in [0, 0.1) is 0 Å². The Morgan fingerprint density at radius 1 is 1.39 bits per heavy atom. The first-order chi connectivity index (χ1) is 11.1. The lowest BCUT2D eigenvalue weighted by Crippen LogP contribution is -2.53. The Bertz CT molecular complexity index is 681. The number of piperidine rings is 1. The Balaban J connectivity index is 1.60. The maximum atomic E-state index is 12.3. The molecule has 120 valence electrons. The number of hydrogen-bond acceptors (Lipinski definition) is 4. The van der Waals surface area contributed by atoms with Crippen molar-refractivity contribution in [2.45, 2.75) is 38.4 Å². The summed E-state index contributed by atoms with van der Waals surface area (Å²) in [5.74, 6) is -0.0780. The molecule has 1 aliphatic heterocycles. The average Bonchev–Trinajstić information content (AvgIpc) is 3.04. The molecule has 3 rings (SSSR count). The molecular weight excluding hydrogens is 294 g/mol. The monoisotopic (exact) mass is 313 g/mol. The number of benzene rings is 1. The van der Waals surface area contributed by atoms with Gasteiger partial charge in [-0.25, -0.2) is 4.68 Å². The first-order valence-electron chi connectivity index (χ1n) is 7.65. The van der Waals surface area contributed by atoms with Gasteiger partial charge < -0.3 is 10.6 Å². The minimum Gasteiger partial charge on any atom is -0.352 e. The molecule has 1 aromatic carbocycles. The SMILES string of the molecule is CC1NC(=O)CCC1NC(=O)c1ccc(Cn2ccnn2)cc1. The second kappa shape index (κ2) is 6.60. The number of rotatable bonds is 4. The van der Waals surface area contributed by atoms with Gasteiger partial charge in [-0.05, 0) is 31.0 Å². The maximum Gasteiger partial charge on any atom is 0.251 e. The molecule has 2 N–H and O–H groups in total. The van der Waals surface area contributed by atoms with Crippen LogP contribution >= 0.6 is 0 Å². The van der Waals surface area contributed by atoms with Gasteiger partial charge in [0.15, 0.2) is 0 Å². The average molecular weight is 313 g/mol. The van der Waals surface area contributed by atoms with E-state index < -0.39 is 0 Å². The smallest absolute Gasteiger partial charge is 0.251 e. The molecule has 0 aliphatic carbocycles. The third kappa shape index (κ3) is 3.74. The molecule has 2 amide bonds. The first kappa shape index (κ1) is 15.2. The Hall–Kier alpha value is -2.70. The molecule has 0 bridgehead atoms. The Morgan fingerprint density at radius 3 is 2.83 bits per heavy atom. The van der Waals surface area contributed by atoms with E-state index in [4.69, 9.17) is 0 Å². The van der Waals surface area contributed by atoms with Crippen LogP contribution in [0.4, 0.5) is 0 Å². The molecule has 23 heavy (non-hydrogen) atoms. The van der Waals surface area contributed by atoms with Gasteiger partial charge in [0.2, 0.25) is 5.91 Å². The zero-order valence-corrected chi connectivity index (χ0v) is 12.9. The van der Waals surface area contributed by atoms with Crippen molar-refractivity contribution < 1.29 is 9.59 Å². The molecular formula is C16H19N5O2. The molecule has 1 aliphatic rings. The van der Waals surface area contributed by atoms with E-state index in [-0.39, 0.29) is 23.9 Å². The van der Waals surface area contributed by atoms with Gasteiger partial charge in [-0.3, -0.25) is 9.59 Å². The Kier molecular flexibility index (Phi) is 4.36. The van der Waals surface area contributed by atoms with Gasteiger partial charge in [0.05, 0.1) is 12.7 Å². The molecule has 1 fully saturated rings. The maximum absolute atomic E-state index is 12.3. The van der Waals surface area contributed by atoms with E-state index in [1.54, 1.807) is 29.2 Å². The summed E-state index contributed by atoms with van der Waals surface area (Å²) in [5, 5.41) is 13.5. The first-order valence-corrected chi connectivity index (χ1v) is 7.65. The van der Waals surface area contributed by atoms with Crippen LogP contribution < -0.4 is 10.6 Å². The molecule has 1 aromatic heterocycles. The summed E-state index contributed by atoms with van der Waals surface area (Å²) in [6.07, 6.45) is 4.54. The predicted molar refractivity (Wildman–Crippen MR) is 83.7 cm³/mol. The highest BCUT2D eigenvalue weighted by Crippen LogP contribution is 2.11. The zero-order valence-electron chi connectivity index (χ0n) is 12.9. The number of aromatic nitrogens is 3. The van der Waals surface area contributed by atoms with Crippen LogP contribution in [-0.2, 0) is 11.3 Å². The number of nitrogens with zero attached hydrogens (tertiary/aromatic N) is 3. The van der Waals surface area contributed by atoms with Gasteiger partial charge in [0.25, 0.3) is 5.91 Å². The van der Waals surface area contributed by atoms with Crippen molar-refractivity contribution in [3.63, 3.8) is 0 Å². The number of hydrogen-bond donors (Lipinski definition) is 2. The fourth-order valence-electron chi connectivity index (χ4n) is 2.68. The third-order valence-electron chi connectivity index (χ3n) is 4.02. The molecule has 7 nitrogen and oxygen atoms in total. The molecule has 0 saturated carbocycles. The molecule has 2 heterocycles. The molecule has 0 spiro atoms. The van der Waals surface area contributed by atoms with Crippen molar-refractivity contribution >= 4 is 11.8 Å². The van der Waals surface area contributed by atoms with Crippen LogP contribution in [0.15, 0.2) is 36.7 Å². The van der Waals surface area contributed by atoms with Crippen molar-refractivity contribution in [3.8, 4) is 0 Å². The highest BCUT2D eigenvalue weighted by molar-refractivity contribution is 5.94. The lowest BCUT2D eigenvalue weighted by molar-refractivity contribution is -0.123. The number of carbonyl (C=O) groups is 2. The normalized spacial score (nSPS) is 20.8. The van der Waals surface area contributed by atoms with E-state index in [0.29, 0.717) is 24.9 Å². The second-order valence-corrected chi connectivity index (χ2v) is 5.77. The van der Waals surface area contributed by atoms with Gasteiger partial charge in [0, 0.05) is 30.3 Å². The van der Waals surface area contributed by atoms with Gasteiger partial charge in [-0.1, -0.05) is 17.3 Å². The number of carbonyl (C=O) groups excluding carboxylic acids is 2. The van der Waals surface area contributed by atoms with E-state index >= 15 is 0 Å². The van der Waals surface area contributed by atoms with Crippen LogP contribution in [0.1, 0.15) is 35.7 Å². The fourth-order valence-corrected chi connectivity index (χ4v) is 2.68. The van der Waals surface area contributed by atoms with Crippen molar-refractivity contribution in [2.75, 3.05) is 0 Å². The summed E-state index contributed by atoms with van der Waals surface area (Å²) in [5.41, 5.74) is 1.65. The van der Waals surface area contributed by atoms with E-state index in [9.17, 15) is 9.59 Å². The van der Waals surface area contributed by atoms with Gasteiger partial charge in [-0.2, -0.15) is 0 Å². The molecule has 2 atom stereocenters. The predicted octanol–water partition coefficient (Wildman–Crippen LogP) is 0.723. The summed E-state index contributed by atoms with van der Waals surface area (Å²) in [6, 6.07) is 7.33. The number of nitrogens with one attached hydrogen (secondary N) is 2. The third-order valence-corrected chi connectivity index (χ3v) is 4.02. The van der Waals surface area contributed by atoms with Crippen molar-refractivity contribution in [1.82, 2.24) is 25.6 Å². The van der Waals surface area contributed by atoms with Gasteiger partial charge in [-0.15, -0.1) is 5.10 Å². The van der Waals surface area contributed by atoms with E-state index in [2.05, 4.69) is 20.9 Å². The quantitative estimate of drug-likeness (QED) is 0.870. The van der Waals surface area contributed by atoms with E-state index in [0.717, 1.165) is 5.56 Å². The lowest BCUT2D eigenvalue weighted by Gasteiger charge is -2.30. The van der Waals surface area contributed by atoms with Crippen molar-refractivity contribution in [2.24, 2.45) is 0 Å². The van der Waals surface area contributed by atoms with Crippen LogP contribution in [0.5, 0.6) is 0 Å². The lowest BCUT2D eigenvalue weighted by atomic mass is 9.99. The van der Waals surface area contributed by atoms with Crippen LogP contribution in [0.2, 0.25) is 0 Å². The van der Waals surface area contributed by atoms with E-state index in [1.165, 1.54) is 0 Å². The van der Waals surface area contributed by atoms with Crippen LogP contribution in [0.3, 0.4) is 0 Å². The topological polar surface area (TPSA) is 88.9 Å². The summed E-state index contributed by atoms with van der Waals surface area (Å²) in [6.45, 7) is 2.52. The summed E-state index contributed by atoms with van der Waals surface area (Å²) in [4.78, 5) is 23.6. The minimum absolute atomic E-state index is 0.0324. The molecule has 2 aromatic rings. The molecule has 7 heteroatoms. The summed E-state index contributed by atoms with van der Waals surface area (Å²) < 4.78 is 1.72. The van der Waals surface area contributed by atoms with Crippen molar-refractivity contribution in [3.05, 3.63) is 47.8 Å². The van der Waals surface area contributed by atoms with Gasteiger partial charge >= 0.3 is 0 Å². The highest BCUT2D eigenvalue weighted by Gasteiger charge is 2.26. The molecule has 1 saturated heterocycles. The highest BCUT2D eigenvalue weighted by atomic mass is 16.2.